The standard InChI is InChI=1S/C10H13BN2O/c1-7-4-8(11)5-13-6-9(2-3-14)12-10(7)13/h5-7,14H,2-4H2,1H3. The van der Waals surface area contributed by atoms with Crippen LogP contribution in [0.25, 0.3) is 6.20 Å². The third-order valence-corrected chi connectivity index (χ3v) is 2.47. The molecule has 14 heavy (non-hydrogen) atoms. The highest BCUT2D eigenvalue weighted by Crippen LogP contribution is 2.26. The van der Waals surface area contributed by atoms with E-state index in [-0.39, 0.29) is 6.61 Å². The van der Waals surface area contributed by atoms with Gasteiger partial charge in [-0.2, -0.15) is 0 Å². The van der Waals surface area contributed by atoms with Crippen LogP contribution in [0.3, 0.4) is 0 Å². The van der Waals surface area contributed by atoms with Crippen LogP contribution in [0.5, 0.6) is 0 Å². The Balaban J connectivity index is 2.35. The Morgan fingerprint density at radius 1 is 1.71 bits per heavy atom. The summed E-state index contributed by atoms with van der Waals surface area (Å²) in [5, 5.41) is 8.81. The maximum absolute atomic E-state index is 8.81. The molecule has 0 aromatic carbocycles. The molecule has 0 saturated carbocycles. The summed E-state index contributed by atoms with van der Waals surface area (Å²) in [6.45, 7) is 2.26. The molecule has 0 fully saturated rings. The molecular formula is C10H13BN2O. The monoisotopic (exact) mass is 188 g/mol. The first-order valence-corrected chi connectivity index (χ1v) is 4.85. The minimum atomic E-state index is 0.143. The molecule has 1 aromatic rings. The number of aliphatic hydroxyl groups excluding tert-OH is 1. The molecule has 4 heteroatoms. The molecule has 1 aliphatic heterocycles. The van der Waals surface area contributed by atoms with Gasteiger partial charge < -0.3 is 9.67 Å². The van der Waals surface area contributed by atoms with Crippen LogP contribution >= 0.6 is 0 Å². The molecule has 2 radical (unpaired) electrons. The largest absolute Gasteiger partial charge is 0.396 e. The SMILES string of the molecule is [B]C1=Cn2cc(CCO)nc2C(C)C1. The smallest absolute Gasteiger partial charge is 0.116 e. The summed E-state index contributed by atoms with van der Waals surface area (Å²) in [7, 11) is 5.79. The van der Waals surface area contributed by atoms with Crippen LogP contribution in [-0.4, -0.2) is 29.1 Å². The Hall–Kier alpha value is -1.03. The highest BCUT2D eigenvalue weighted by molar-refractivity contribution is 6.23. The second kappa shape index (κ2) is 3.61. The first-order valence-electron chi connectivity index (χ1n) is 4.85. The van der Waals surface area contributed by atoms with Crippen molar-refractivity contribution in [2.45, 2.75) is 25.7 Å². The molecule has 2 heterocycles. The van der Waals surface area contributed by atoms with E-state index < -0.39 is 0 Å². The van der Waals surface area contributed by atoms with Gasteiger partial charge in [-0.15, -0.1) is 5.47 Å². The van der Waals surface area contributed by atoms with E-state index in [9.17, 15) is 0 Å². The van der Waals surface area contributed by atoms with Crippen molar-refractivity contribution in [3.05, 3.63) is 23.2 Å². The first kappa shape index (κ1) is 9.53. The van der Waals surface area contributed by atoms with Gasteiger partial charge in [-0.05, 0) is 12.6 Å². The van der Waals surface area contributed by atoms with Gasteiger partial charge in [0.1, 0.15) is 13.7 Å². The molecular weight excluding hydrogens is 175 g/mol. The zero-order chi connectivity index (χ0) is 10.1. The number of aromatic nitrogens is 2. The molecule has 0 amide bonds. The average molecular weight is 188 g/mol. The van der Waals surface area contributed by atoms with Gasteiger partial charge in [0.25, 0.3) is 0 Å². The van der Waals surface area contributed by atoms with Crippen LogP contribution in [0.2, 0.25) is 0 Å². The third kappa shape index (κ3) is 1.62. The van der Waals surface area contributed by atoms with Gasteiger partial charge in [-0.1, -0.05) is 6.92 Å². The van der Waals surface area contributed by atoms with Gasteiger partial charge in [-0.25, -0.2) is 4.98 Å². The van der Waals surface area contributed by atoms with E-state index in [1.54, 1.807) is 0 Å². The lowest BCUT2D eigenvalue weighted by atomic mass is 9.86. The number of allylic oxidation sites excluding steroid dienone is 1. The molecule has 1 aliphatic rings. The quantitative estimate of drug-likeness (QED) is 0.700. The van der Waals surface area contributed by atoms with Crippen molar-refractivity contribution in [1.29, 1.82) is 0 Å². The summed E-state index contributed by atoms with van der Waals surface area (Å²) in [5.41, 5.74) is 1.82. The summed E-state index contributed by atoms with van der Waals surface area (Å²) in [6.07, 6.45) is 5.33. The maximum atomic E-state index is 8.81. The van der Waals surface area contributed by atoms with Crippen molar-refractivity contribution in [2.24, 2.45) is 0 Å². The first-order chi connectivity index (χ1) is 6.70. The van der Waals surface area contributed by atoms with Crippen LogP contribution in [-0.2, 0) is 6.42 Å². The summed E-state index contributed by atoms with van der Waals surface area (Å²) >= 11 is 0. The molecule has 1 N–H and O–H groups in total. The van der Waals surface area contributed by atoms with Gasteiger partial charge in [-0.3, -0.25) is 0 Å². The minimum absolute atomic E-state index is 0.143. The molecule has 0 bridgehead atoms. The predicted octanol–water partition coefficient (Wildman–Crippen LogP) is 0.892. The predicted molar refractivity (Wildman–Crippen MR) is 56.1 cm³/mol. The fourth-order valence-electron chi connectivity index (χ4n) is 1.84. The molecule has 1 atom stereocenters. The number of imidazole rings is 1. The van der Waals surface area contributed by atoms with Gasteiger partial charge >= 0.3 is 0 Å². The van der Waals surface area contributed by atoms with Crippen molar-refractivity contribution < 1.29 is 5.11 Å². The fraction of sp³-hybridized carbons (Fsp3) is 0.500. The molecule has 0 aliphatic carbocycles. The summed E-state index contributed by atoms with van der Waals surface area (Å²) in [6, 6.07) is 0. The van der Waals surface area contributed by atoms with E-state index in [1.165, 1.54) is 0 Å². The van der Waals surface area contributed by atoms with Crippen molar-refractivity contribution in [3.63, 3.8) is 0 Å². The zero-order valence-electron chi connectivity index (χ0n) is 8.27. The number of nitrogens with zero attached hydrogens (tertiary/aromatic N) is 2. The second-order valence-corrected chi connectivity index (χ2v) is 3.78. The van der Waals surface area contributed by atoms with E-state index >= 15 is 0 Å². The highest BCUT2D eigenvalue weighted by atomic mass is 16.3. The maximum Gasteiger partial charge on any atom is 0.116 e. The fourth-order valence-corrected chi connectivity index (χ4v) is 1.84. The van der Waals surface area contributed by atoms with Crippen LogP contribution in [0.1, 0.15) is 30.8 Å². The van der Waals surface area contributed by atoms with Crippen LogP contribution in [0.15, 0.2) is 11.7 Å². The van der Waals surface area contributed by atoms with Crippen LogP contribution in [0, 0.1) is 0 Å². The highest BCUT2D eigenvalue weighted by Gasteiger charge is 2.17. The minimum Gasteiger partial charge on any atom is -0.396 e. The van der Waals surface area contributed by atoms with E-state index in [0.29, 0.717) is 12.3 Å². The van der Waals surface area contributed by atoms with Gasteiger partial charge in [0, 0.05) is 25.1 Å². The molecule has 1 unspecified atom stereocenters. The Labute approximate surface area is 84.9 Å². The van der Waals surface area contributed by atoms with Crippen LogP contribution < -0.4 is 0 Å². The van der Waals surface area contributed by atoms with Crippen LogP contribution in [0.4, 0.5) is 0 Å². The lowest BCUT2D eigenvalue weighted by molar-refractivity contribution is 0.298. The third-order valence-electron chi connectivity index (χ3n) is 2.47. The van der Waals surface area contributed by atoms with E-state index in [4.69, 9.17) is 13.0 Å². The van der Waals surface area contributed by atoms with Gasteiger partial charge in [0.2, 0.25) is 0 Å². The molecule has 0 spiro atoms. The molecule has 0 saturated heterocycles. The van der Waals surface area contributed by atoms with Crippen molar-refractivity contribution in [2.75, 3.05) is 6.61 Å². The number of aliphatic hydroxyl groups is 1. The Bertz CT molecular complexity index is 370. The topological polar surface area (TPSA) is 38.0 Å². The molecule has 2 rings (SSSR count). The molecule has 3 nitrogen and oxygen atoms in total. The number of hydrogen-bond donors (Lipinski definition) is 1. The molecule has 1 aromatic heterocycles. The molecule has 72 valence electrons. The number of hydrogen-bond acceptors (Lipinski definition) is 2. The van der Waals surface area contributed by atoms with Crippen molar-refractivity contribution >= 4 is 14.0 Å². The summed E-state index contributed by atoms with van der Waals surface area (Å²) < 4.78 is 1.97. The van der Waals surface area contributed by atoms with Crippen molar-refractivity contribution in [3.8, 4) is 0 Å². The Morgan fingerprint density at radius 2 is 2.50 bits per heavy atom. The van der Waals surface area contributed by atoms with Gasteiger partial charge in [0.15, 0.2) is 0 Å². The Morgan fingerprint density at radius 3 is 3.21 bits per heavy atom. The lowest BCUT2D eigenvalue weighted by Gasteiger charge is -2.18. The van der Waals surface area contributed by atoms with Crippen molar-refractivity contribution in [1.82, 2.24) is 9.55 Å². The normalized spacial score (nSPS) is 20.4. The average Bonchev–Trinajstić information content (AvgIpc) is 2.48. The van der Waals surface area contributed by atoms with E-state index in [2.05, 4.69) is 11.9 Å². The van der Waals surface area contributed by atoms with Gasteiger partial charge in [0.05, 0.1) is 5.69 Å². The Kier molecular flexibility index (Phi) is 2.46. The number of rotatable bonds is 2. The summed E-state index contributed by atoms with van der Waals surface area (Å²) in [4.78, 5) is 4.46. The van der Waals surface area contributed by atoms with E-state index in [0.717, 1.165) is 23.4 Å². The zero-order valence-corrected chi connectivity index (χ0v) is 8.27. The lowest BCUT2D eigenvalue weighted by Crippen LogP contribution is -2.09. The second-order valence-electron chi connectivity index (χ2n) is 3.78. The summed E-state index contributed by atoms with van der Waals surface area (Å²) in [5.74, 6) is 1.41. The number of fused-ring (bicyclic) bond motifs is 1. The van der Waals surface area contributed by atoms with E-state index in [1.807, 2.05) is 17.0 Å².